The van der Waals surface area contributed by atoms with Crippen LogP contribution in [0.25, 0.3) is 11.0 Å². The number of aromatic nitrogens is 3. The van der Waals surface area contributed by atoms with Gasteiger partial charge in [-0.2, -0.15) is 5.10 Å². The first-order valence-corrected chi connectivity index (χ1v) is 10.9. The third kappa shape index (κ3) is 5.26. The first-order valence-electron chi connectivity index (χ1n) is 10.9. The second-order valence-electron chi connectivity index (χ2n) is 8.41. The van der Waals surface area contributed by atoms with Crippen LogP contribution in [0.4, 0.5) is 18.9 Å². The number of anilines is 1. The number of carbonyl (C=O) groups is 3. The highest BCUT2D eigenvalue weighted by Crippen LogP contribution is 2.40. The van der Waals surface area contributed by atoms with Gasteiger partial charge in [0.05, 0.1) is 29.4 Å². The Labute approximate surface area is 197 Å². The van der Waals surface area contributed by atoms with Crippen molar-refractivity contribution < 1.29 is 32.3 Å². The van der Waals surface area contributed by atoms with E-state index in [-0.39, 0.29) is 17.5 Å². The first kappa shape index (κ1) is 24.2. The van der Waals surface area contributed by atoms with E-state index in [1.165, 1.54) is 6.20 Å². The number of carbonyl (C=O) groups excluding carboxylic acids is 3. The van der Waals surface area contributed by atoms with E-state index in [4.69, 9.17) is 4.74 Å². The number of nitrogens with zero attached hydrogens (tertiary/aromatic N) is 3. The number of pyridine rings is 1. The number of nitrogens with one attached hydrogen (secondary N) is 2. The van der Waals surface area contributed by atoms with Gasteiger partial charge in [0.25, 0.3) is 5.91 Å². The number of halogens is 3. The van der Waals surface area contributed by atoms with Crippen LogP contribution >= 0.6 is 0 Å². The highest BCUT2D eigenvalue weighted by molar-refractivity contribution is 6.03. The molecular weight excluding hydrogens is 467 g/mol. The molecule has 0 radical (unpaired) electrons. The topological polar surface area (TPSA) is 115 Å². The molecule has 4 rings (SSSR count). The van der Waals surface area contributed by atoms with Gasteiger partial charge in [0.2, 0.25) is 5.91 Å². The minimum Gasteiger partial charge on any atom is -0.452 e. The summed E-state index contributed by atoms with van der Waals surface area (Å²) in [5.74, 6) is -6.84. The Balaban J connectivity index is 1.36. The van der Waals surface area contributed by atoms with E-state index in [1.807, 2.05) is 19.2 Å². The molecule has 1 aliphatic carbocycles. The molecule has 0 saturated heterocycles. The van der Waals surface area contributed by atoms with Crippen molar-refractivity contribution in [3.63, 3.8) is 0 Å². The average Bonchev–Trinajstić information content (AvgIpc) is 3.59. The maximum Gasteiger partial charge on any atom is 0.339 e. The molecular formula is C23H22F3N5O4. The van der Waals surface area contributed by atoms with Crippen molar-refractivity contribution >= 4 is 34.5 Å². The van der Waals surface area contributed by atoms with Crippen LogP contribution in [-0.4, -0.2) is 45.7 Å². The Morgan fingerprint density at radius 1 is 1.14 bits per heavy atom. The largest absolute Gasteiger partial charge is 0.452 e. The van der Waals surface area contributed by atoms with Crippen molar-refractivity contribution in [3.05, 3.63) is 53.1 Å². The molecule has 1 aliphatic rings. The molecule has 35 heavy (non-hydrogen) atoms. The fourth-order valence-corrected chi connectivity index (χ4v) is 3.43. The van der Waals surface area contributed by atoms with E-state index < -0.39 is 54.1 Å². The molecule has 3 aromatic rings. The van der Waals surface area contributed by atoms with Crippen LogP contribution in [0.5, 0.6) is 0 Å². The maximum atomic E-state index is 13.6. The van der Waals surface area contributed by atoms with Gasteiger partial charge < -0.3 is 15.4 Å². The SMILES string of the molecule is CC(C)n1ncc2c(C(=O)OCC(=O)NCC(=O)Nc3ccc(F)c(F)c3F)cc(C3CC3)nc21. The quantitative estimate of drug-likeness (QED) is 0.371. The minimum absolute atomic E-state index is 0.0233. The van der Waals surface area contributed by atoms with E-state index in [2.05, 4.69) is 15.4 Å². The summed E-state index contributed by atoms with van der Waals surface area (Å²) in [6.07, 6.45) is 3.47. The lowest BCUT2D eigenvalue weighted by Gasteiger charge is -2.11. The van der Waals surface area contributed by atoms with Crippen LogP contribution in [-0.2, 0) is 14.3 Å². The molecule has 2 aromatic heterocycles. The molecule has 2 amide bonds. The molecule has 1 fully saturated rings. The molecule has 9 nitrogen and oxygen atoms in total. The summed E-state index contributed by atoms with van der Waals surface area (Å²) in [6, 6.07) is 3.18. The zero-order valence-corrected chi connectivity index (χ0v) is 18.9. The molecule has 2 N–H and O–H groups in total. The Morgan fingerprint density at radius 3 is 2.57 bits per heavy atom. The number of amides is 2. The van der Waals surface area contributed by atoms with Crippen LogP contribution in [0.1, 0.15) is 54.7 Å². The average molecular weight is 489 g/mol. The van der Waals surface area contributed by atoms with Gasteiger partial charge in [-0.25, -0.2) is 27.6 Å². The molecule has 1 saturated carbocycles. The maximum absolute atomic E-state index is 13.6. The Hall–Kier alpha value is -3.96. The van der Waals surface area contributed by atoms with E-state index in [9.17, 15) is 27.6 Å². The van der Waals surface area contributed by atoms with E-state index >= 15 is 0 Å². The number of ether oxygens (including phenoxy) is 1. The lowest BCUT2D eigenvalue weighted by atomic mass is 10.1. The summed E-state index contributed by atoms with van der Waals surface area (Å²) in [6.45, 7) is 2.60. The highest BCUT2D eigenvalue weighted by atomic mass is 19.2. The predicted octanol–water partition coefficient (Wildman–Crippen LogP) is 3.22. The Kier molecular flexibility index (Phi) is 6.72. The summed E-state index contributed by atoms with van der Waals surface area (Å²) in [4.78, 5) is 41.4. The molecule has 1 aromatic carbocycles. The number of rotatable bonds is 8. The second kappa shape index (κ2) is 9.72. The summed E-state index contributed by atoms with van der Waals surface area (Å²) >= 11 is 0. The van der Waals surface area contributed by atoms with Gasteiger partial charge >= 0.3 is 5.97 Å². The van der Waals surface area contributed by atoms with Crippen LogP contribution < -0.4 is 10.6 Å². The van der Waals surface area contributed by atoms with Gasteiger partial charge in [0, 0.05) is 17.7 Å². The minimum atomic E-state index is -1.73. The van der Waals surface area contributed by atoms with Gasteiger partial charge in [-0.15, -0.1) is 0 Å². The van der Waals surface area contributed by atoms with Crippen molar-refractivity contribution in [1.29, 1.82) is 0 Å². The third-order valence-electron chi connectivity index (χ3n) is 5.38. The third-order valence-corrected chi connectivity index (χ3v) is 5.38. The van der Waals surface area contributed by atoms with Gasteiger partial charge in [0.1, 0.15) is 0 Å². The smallest absolute Gasteiger partial charge is 0.339 e. The molecule has 0 spiro atoms. The lowest BCUT2D eigenvalue weighted by molar-refractivity contribution is -0.126. The van der Waals surface area contributed by atoms with Crippen LogP contribution in [0.3, 0.4) is 0 Å². The lowest BCUT2D eigenvalue weighted by Crippen LogP contribution is -2.35. The fraction of sp³-hybridized carbons (Fsp3) is 0.348. The number of hydrogen-bond acceptors (Lipinski definition) is 6. The summed E-state index contributed by atoms with van der Waals surface area (Å²) < 4.78 is 46.7. The van der Waals surface area contributed by atoms with Crippen molar-refractivity contribution in [3.8, 4) is 0 Å². The number of esters is 1. The van der Waals surface area contributed by atoms with Gasteiger partial charge in [0.15, 0.2) is 29.7 Å². The summed E-state index contributed by atoms with van der Waals surface area (Å²) in [5.41, 5.74) is 0.979. The van der Waals surface area contributed by atoms with Crippen LogP contribution in [0.15, 0.2) is 24.4 Å². The standard InChI is InChI=1S/C23H22F3N5O4/c1-11(2)31-22-14(8-28-31)13(7-17(30-22)12-3-4-12)23(34)35-10-19(33)27-9-18(32)29-16-6-5-15(24)20(25)21(16)26/h5-8,11-12H,3-4,9-10H2,1-2H3,(H,27,33)(H,29,32). The zero-order valence-electron chi connectivity index (χ0n) is 18.9. The van der Waals surface area contributed by atoms with Crippen molar-refractivity contribution in [2.24, 2.45) is 0 Å². The first-order chi connectivity index (χ1) is 16.7. The molecule has 0 bridgehead atoms. The predicted molar refractivity (Wildman–Crippen MR) is 118 cm³/mol. The van der Waals surface area contributed by atoms with E-state index in [1.54, 1.807) is 10.7 Å². The molecule has 184 valence electrons. The van der Waals surface area contributed by atoms with Gasteiger partial charge in [-0.1, -0.05) is 0 Å². The normalized spacial score (nSPS) is 13.2. The monoisotopic (exact) mass is 489 g/mol. The number of fused-ring (bicyclic) bond motifs is 1. The van der Waals surface area contributed by atoms with Gasteiger partial charge in [-0.3, -0.25) is 9.59 Å². The summed E-state index contributed by atoms with van der Waals surface area (Å²) in [7, 11) is 0. The van der Waals surface area contributed by atoms with Crippen LogP contribution in [0, 0.1) is 17.5 Å². The van der Waals surface area contributed by atoms with Gasteiger partial charge in [-0.05, 0) is 44.9 Å². The van der Waals surface area contributed by atoms with Crippen molar-refractivity contribution in [2.45, 2.75) is 38.6 Å². The Morgan fingerprint density at radius 2 is 1.89 bits per heavy atom. The molecule has 2 heterocycles. The van der Waals surface area contributed by atoms with E-state index in [0.29, 0.717) is 17.1 Å². The fourth-order valence-electron chi connectivity index (χ4n) is 3.43. The number of benzene rings is 1. The van der Waals surface area contributed by atoms with Crippen molar-refractivity contribution in [1.82, 2.24) is 20.1 Å². The number of hydrogen-bond donors (Lipinski definition) is 2. The van der Waals surface area contributed by atoms with Crippen LogP contribution in [0.2, 0.25) is 0 Å². The Bertz CT molecular complexity index is 1320. The van der Waals surface area contributed by atoms with Crippen molar-refractivity contribution in [2.75, 3.05) is 18.5 Å². The molecule has 12 heteroatoms. The highest BCUT2D eigenvalue weighted by Gasteiger charge is 2.29. The molecule has 0 unspecified atom stereocenters. The van der Waals surface area contributed by atoms with E-state index in [0.717, 1.165) is 24.6 Å². The summed E-state index contributed by atoms with van der Waals surface area (Å²) in [5, 5.41) is 9.03. The molecule has 0 atom stereocenters. The molecule has 0 aliphatic heterocycles. The second-order valence-corrected chi connectivity index (χ2v) is 8.41. The zero-order chi connectivity index (χ0) is 25.3.